The van der Waals surface area contributed by atoms with Crippen LogP contribution in [0.5, 0.6) is 0 Å². The van der Waals surface area contributed by atoms with Crippen molar-refractivity contribution < 1.29 is 14.0 Å². The van der Waals surface area contributed by atoms with Gasteiger partial charge in [0.05, 0.1) is 11.4 Å². The van der Waals surface area contributed by atoms with Crippen molar-refractivity contribution in [1.82, 2.24) is 0 Å². The molecule has 7 nitrogen and oxygen atoms in total. The van der Waals surface area contributed by atoms with Gasteiger partial charge < -0.3 is 16.8 Å². The van der Waals surface area contributed by atoms with Crippen molar-refractivity contribution in [3.8, 4) is 0 Å². The lowest BCUT2D eigenvalue weighted by Gasteiger charge is -2.18. The summed E-state index contributed by atoms with van der Waals surface area (Å²) in [5, 5.41) is 1.71. The Morgan fingerprint density at radius 1 is 1.50 bits per heavy atom. The fraction of sp³-hybridized carbons (Fsp3) is 0.167. The van der Waals surface area contributed by atoms with Gasteiger partial charge in [0.15, 0.2) is 11.1 Å². The second-order valence-corrected chi connectivity index (χ2v) is 5.83. The van der Waals surface area contributed by atoms with Gasteiger partial charge in [-0.25, -0.2) is 4.39 Å². The number of carbonyl (C=O) groups excluding carboxylic acids is 2. The molecule has 1 aromatic rings. The predicted octanol–water partition coefficient (Wildman–Crippen LogP) is 1.08. The number of hydrogen-bond acceptors (Lipinski definition) is 4. The molecule has 116 valence electrons. The normalized spacial score (nSPS) is 17.6. The van der Waals surface area contributed by atoms with Crippen LogP contribution >= 0.6 is 23.4 Å². The minimum Gasteiger partial charge on any atom is -0.370 e. The molecule has 1 aliphatic rings. The molecule has 0 fully saturated rings. The first-order valence-corrected chi connectivity index (χ1v) is 7.24. The van der Waals surface area contributed by atoms with E-state index in [-0.39, 0.29) is 22.6 Å². The van der Waals surface area contributed by atoms with Crippen LogP contribution in [-0.4, -0.2) is 28.2 Å². The van der Waals surface area contributed by atoms with E-state index in [9.17, 15) is 14.0 Å². The van der Waals surface area contributed by atoms with Crippen LogP contribution in [0, 0.1) is 5.82 Å². The van der Waals surface area contributed by atoms with E-state index in [0.29, 0.717) is 5.69 Å². The summed E-state index contributed by atoms with van der Waals surface area (Å²) in [5.74, 6) is -1.82. The average molecular weight is 344 g/mol. The fourth-order valence-electron chi connectivity index (χ4n) is 1.61. The monoisotopic (exact) mass is 343 g/mol. The SMILES string of the molecule is NC(N)=NC1=NC(=O)CC(C(=O)Nc2ccc(F)c(Cl)c2)S1. The number of anilines is 1. The van der Waals surface area contributed by atoms with E-state index in [4.69, 9.17) is 23.1 Å². The first-order valence-electron chi connectivity index (χ1n) is 5.99. The van der Waals surface area contributed by atoms with Crippen molar-refractivity contribution in [2.75, 3.05) is 5.32 Å². The third-order valence-electron chi connectivity index (χ3n) is 2.53. The molecule has 22 heavy (non-hydrogen) atoms. The van der Waals surface area contributed by atoms with Gasteiger partial charge in [0.2, 0.25) is 11.8 Å². The van der Waals surface area contributed by atoms with Crippen LogP contribution in [0.15, 0.2) is 28.2 Å². The van der Waals surface area contributed by atoms with Crippen molar-refractivity contribution in [3.63, 3.8) is 0 Å². The Morgan fingerprint density at radius 3 is 2.86 bits per heavy atom. The quantitative estimate of drug-likeness (QED) is 0.547. The van der Waals surface area contributed by atoms with Gasteiger partial charge in [-0.1, -0.05) is 23.4 Å². The van der Waals surface area contributed by atoms with Crippen molar-refractivity contribution in [3.05, 3.63) is 29.0 Å². The number of hydrogen-bond donors (Lipinski definition) is 3. The Labute approximate surface area is 134 Å². The number of aliphatic imine (C=N–C) groups is 2. The number of nitrogens with two attached hydrogens (primary N) is 2. The van der Waals surface area contributed by atoms with E-state index in [0.717, 1.165) is 17.8 Å². The van der Waals surface area contributed by atoms with Crippen LogP contribution < -0.4 is 16.8 Å². The Kier molecular flexibility index (Phi) is 4.99. The summed E-state index contributed by atoms with van der Waals surface area (Å²) in [6.45, 7) is 0. The molecule has 0 bridgehead atoms. The summed E-state index contributed by atoms with van der Waals surface area (Å²) in [5.41, 5.74) is 10.7. The van der Waals surface area contributed by atoms with Crippen LogP contribution in [0.3, 0.4) is 0 Å². The van der Waals surface area contributed by atoms with Crippen molar-refractivity contribution in [2.45, 2.75) is 11.7 Å². The molecule has 0 spiro atoms. The molecule has 0 saturated carbocycles. The maximum atomic E-state index is 13.1. The Hall–Kier alpha value is -2.13. The van der Waals surface area contributed by atoms with Gasteiger partial charge in [-0.15, -0.1) is 0 Å². The molecule has 0 aliphatic carbocycles. The Bertz CT molecular complexity index is 690. The predicted molar refractivity (Wildman–Crippen MR) is 84.3 cm³/mol. The molecule has 1 unspecified atom stereocenters. The number of nitrogens with zero attached hydrogens (tertiary/aromatic N) is 2. The topological polar surface area (TPSA) is 123 Å². The Morgan fingerprint density at radius 2 is 2.23 bits per heavy atom. The van der Waals surface area contributed by atoms with Gasteiger partial charge in [-0.2, -0.15) is 9.98 Å². The van der Waals surface area contributed by atoms with Crippen LogP contribution in [-0.2, 0) is 9.59 Å². The molecule has 1 aliphatic heterocycles. The highest BCUT2D eigenvalue weighted by Crippen LogP contribution is 2.26. The second kappa shape index (κ2) is 6.75. The van der Waals surface area contributed by atoms with Crippen molar-refractivity contribution >= 4 is 52.0 Å². The average Bonchev–Trinajstić information content (AvgIpc) is 2.41. The molecular formula is C12H11ClFN5O2S. The van der Waals surface area contributed by atoms with Gasteiger partial charge in [-0.05, 0) is 18.2 Å². The van der Waals surface area contributed by atoms with Crippen LogP contribution in [0.25, 0.3) is 0 Å². The van der Waals surface area contributed by atoms with E-state index in [1.54, 1.807) is 0 Å². The van der Waals surface area contributed by atoms with Gasteiger partial charge in [-0.3, -0.25) is 9.59 Å². The lowest BCUT2D eigenvalue weighted by atomic mass is 10.2. The van der Waals surface area contributed by atoms with Crippen LogP contribution in [0.1, 0.15) is 6.42 Å². The number of nitrogens with one attached hydrogen (secondary N) is 1. The van der Waals surface area contributed by atoms with Gasteiger partial charge in [0.25, 0.3) is 0 Å². The summed E-state index contributed by atoms with van der Waals surface area (Å²) in [6.07, 6.45) is -0.0884. The minimum atomic E-state index is -0.744. The summed E-state index contributed by atoms with van der Waals surface area (Å²) in [6, 6.07) is 3.76. The van der Waals surface area contributed by atoms with Crippen LogP contribution in [0.2, 0.25) is 5.02 Å². The van der Waals surface area contributed by atoms with Gasteiger partial charge in [0.1, 0.15) is 11.1 Å². The van der Waals surface area contributed by atoms with Crippen LogP contribution in [0.4, 0.5) is 10.1 Å². The zero-order chi connectivity index (χ0) is 16.3. The zero-order valence-electron chi connectivity index (χ0n) is 11.0. The van der Waals surface area contributed by atoms with Gasteiger partial charge in [0, 0.05) is 5.69 Å². The first kappa shape index (κ1) is 16.2. The summed E-state index contributed by atoms with van der Waals surface area (Å²) < 4.78 is 13.1. The highest BCUT2D eigenvalue weighted by atomic mass is 35.5. The number of thioether (sulfide) groups is 1. The molecule has 5 N–H and O–H groups in total. The maximum absolute atomic E-state index is 13.1. The molecule has 2 rings (SSSR count). The smallest absolute Gasteiger partial charge is 0.249 e. The summed E-state index contributed by atoms with van der Waals surface area (Å²) in [4.78, 5) is 31.0. The van der Waals surface area contributed by atoms with Crippen molar-refractivity contribution in [2.24, 2.45) is 21.5 Å². The minimum absolute atomic E-state index is 0.0218. The largest absolute Gasteiger partial charge is 0.370 e. The molecule has 2 amide bonds. The second-order valence-electron chi connectivity index (χ2n) is 4.25. The number of benzene rings is 1. The molecule has 1 atom stereocenters. The molecular weight excluding hydrogens is 333 g/mol. The molecule has 10 heteroatoms. The standard InChI is InChI=1S/C12H11ClFN5O2S/c13-6-3-5(1-2-7(6)14)17-10(21)8-4-9(20)18-12(22-8)19-11(15)16/h1-3,8H,4H2,(H,17,21)(H4,15,16,18,19,20). The maximum Gasteiger partial charge on any atom is 0.249 e. The lowest BCUT2D eigenvalue weighted by molar-refractivity contribution is -0.121. The number of halogens is 2. The highest BCUT2D eigenvalue weighted by molar-refractivity contribution is 8.15. The van der Waals surface area contributed by atoms with E-state index in [2.05, 4.69) is 15.3 Å². The number of rotatable bonds is 2. The zero-order valence-corrected chi connectivity index (χ0v) is 12.6. The third-order valence-corrected chi connectivity index (χ3v) is 3.88. The van der Waals surface area contributed by atoms with Gasteiger partial charge >= 0.3 is 0 Å². The fourth-order valence-corrected chi connectivity index (χ4v) is 2.75. The molecule has 0 radical (unpaired) electrons. The number of amidine groups is 1. The number of amides is 2. The molecule has 1 heterocycles. The lowest BCUT2D eigenvalue weighted by Crippen LogP contribution is -2.32. The van der Waals surface area contributed by atoms with E-state index in [1.807, 2.05) is 0 Å². The third kappa shape index (κ3) is 4.18. The van der Waals surface area contributed by atoms with Crippen molar-refractivity contribution in [1.29, 1.82) is 0 Å². The highest BCUT2D eigenvalue weighted by Gasteiger charge is 2.29. The first-order chi connectivity index (χ1) is 10.3. The molecule has 0 saturated heterocycles. The number of carbonyl (C=O) groups is 2. The molecule has 1 aromatic carbocycles. The van der Waals surface area contributed by atoms with E-state index < -0.39 is 22.9 Å². The summed E-state index contributed by atoms with van der Waals surface area (Å²) >= 11 is 6.60. The Balaban J connectivity index is 2.09. The number of guanidine groups is 1. The molecule has 0 aromatic heterocycles. The van der Waals surface area contributed by atoms with E-state index >= 15 is 0 Å². The van der Waals surface area contributed by atoms with E-state index in [1.165, 1.54) is 12.1 Å². The summed E-state index contributed by atoms with van der Waals surface area (Å²) in [7, 11) is 0.